The Labute approximate surface area is 128 Å². The maximum atomic E-state index is 12.0. The van der Waals surface area contributed by atoms with Crippen molar-refractivity contribution in [2.24, 2.45) is 0 Å². The van der Waals surface area contributed by atoms with Gasteiger partial charge >= 0.3 is 0 Å². The number of benzene rings is 1. The van der Waals surface area contributed by atoms with Crippen LogP contribution in [0.15, 0.2) is 52.3 Å². The second-order valence-corrected chi connectivity index (χ2v) is 6.99. The van der Waals surface area contributed by atoms with Gasteiger partial charge in [0.2, 0.25) is 5.56 Å². The van der Waals surface area contributed by atoms with E-state index in [2.05, 4.69) is 10.3 Å². The molecule has 1 amide bonds. The van der Waals surface area contributed by atoms with Gasteiger partial charge in [0, 0.05) is 18.5 Å². The number of hydrogen-bond acceptors (Lipinski definition) is 4. The van der Waals surface area contributed by atoms with E-state index in [4.69, 9.17) is 0 Å². The number of carbonyl (C=O) groups is 1. The summed E-state index contributed by atoms with van der Waals surface area (Å²) in [5.41, 5.74) is 0.852. The molecule has 0 fully saturated rings. The van der Waals surface area contributed by atoms with E-state index < -0.39 is 9.84 Å². The van der Waals surface area contributed by atoms with Crippen LogP contribution < -0.4 is 10.9 Å². The predicted octanol–water partition coefficient (Wildman–Crippen LogP) is 1.27. The molecule has 0 unspecified atom stereocenters. The van der Waals surface area contributed by atoms with Gasteiger partial charge in [0.05, 0.1) is 16.5 Å². The molecule has 116 valence electrons. The maximum absolute atomic E-state index is 12.0. The van der Waals surface area contributed by atoms with Crippen molar-refractivity contribution >= 4 is 15.7 Å². The third-order valence-corrected chi connectivity index (χ3v) is 4.33. The van der Waals surface area contributed by atoms with Crippen LogP contribution in [0.3, 0.4) is 0 Å². The van der Waals surface area contributed by atoms with E-state index in [1.54, 1.807) is 19.1 Å². The van der Waals surface area contributed by atoms with E-state index in [1.807, 2.05) is 0 Å². The Morgan fingerprint density at radius 1 is 1.14 bits per heavy atom. The molecular formula is C15H16N2O4S. The fourth-order valence-electron chi connectivity index (χ4n) is 1.92. The molecule has 0 aliphatic carbocycles. The van der Waals surface area contributed by atoms with Crippen LogP contribution in [0.25, 0.3) is 0 Å². The van der Waals surface area contributed by atoms with Gasteiger partial charge in [-0.3, -0.25) is 9.59 Å². The monoisotopic (exact) mass is 320 g/mol. The van der Waals surface area contributed by atoms with E-state index in [-0.39, 0.29) is 22.4 Å². The second-order valence-electron chi connectivity index (χ2n) is 4.98. The summed E-state index contributed by atoms with van der Waals surface area (Å²) in [6.07, 6.45) is 2.49. The van der Waals surface area contributed by atoms with Crippen molar-refractivity contribution in [1.82, 2.24) is 10.3 Å². The van der Waals surface area contributed by atoms with Crippen molar-refractivity contribution in [3.8, 4) is 0 Å². The fraction of sp³-hybridized carbons (Fsp3) is 0.200. The van der Waals surface area contributed by atoms with Crippen molar-refractivity contribution in [2.75, 3.05) is 6.26 Å². The van der Waals surface area contributed by atoms with Crippen LogP contribution in [0.4, 0.5) is 0 Å². The Hall–Kier alpha value is -2.41. The Morgan fingerprint density at radius 2 is 1.77 bits per heavy atom. The van der Waals surface area contributed by atoms with Gasteiger partial charge in [0.1, 0.15) is 0 Å². The first-order chi connectivity index (χ1) is 10.3. The number of hydrogen-bond donors (Lipinski definition) is 2. The quantitative estimate of drug-likeness (QED) is 0.886. The lowest BCUT2D eigenvalue weighted by Gasteiger charge is -2.14. The standard InChI is InChI=1S/C15H16N2O4S/c1-10(11-3-6-13(7-4-11)22(2,20)21)17-15(19)12-5-8-14(18)16-9-12/h3-10H,1-2H3,(H,16,18)(H,17,19)/t10-/m1/s1. The largest absolute Gasteiger partial charge is 0.345 e. The molecule has 2 N–H and O–H groups in total. The van der Waals surface area contributed by atoms with Gasteiger partial charge in [0.25, 0.3) is 5.91 Å². The number of H-pyrrole nitrogens is 1. The third kappa shape index (κ3) is 3.82. The summed E-state index contributed by atoms with van der Waals surface area (Å²) in [7, 11) is -3.24. The lowest BCUT2D eigenvalue weighted by atomic mass is 10.1. The average molecular weight is 320 g/mol. The smallest absolute Gasteiger partial charge is 0.253 e. The fourth-order valence-corrected chi connectivity index (χ4v) is 2.55. The molecule has 0 saturated heterocycles. The molecule has 2 aromatic rings. The molecule has 1 atom stereocenters. The lowest BCUT2D eigenvalue weighted by Crippen LogP contribution is -2.27. The number of rotatable bonds is 4. The first-order valence-electron chi connectivity index (χ1n) is 6.57. The summed E-state index contributed by atoms with van der Waals surface area (Å²) in [6, 6.07) is 8.75. The van der Waals surface area contributed by atoms with E-state index in [0.717, 1.165) is 11.8 Å². The van der Waals surface area contributed by atoms with Crippen molar-refractivity contribution in [2.45, 2.75) is 17.9 Å². The van der Waals surface area contributed by atoms with Crippen LogP contribution in [-0.2, 0) is 9.84 Å². The SMILES string of the molecule is C[C@@H](NC(=O)c1ccc(=O)[nH]c1)c1ccc(S(C)(=O)=O)cc1. The van der Waals surface area contributed by atoms with Crippen molar-refractivity contribution in [3.05, 3.63) is 64.1 Å². The average Bonchev–Trinajstić information content (AvgIpc) is 2.47. The molecule has 7 heteroatoms. The summed E-state index contributed by atoms with van der Waals surface area (Å²) in [4.78, 5) is 25.7. The Kier molecular flexibility index (Phi) is 4.46. The zero-order valence-electron chi connectivity index (χ0n) is 12.2. The molecule has 0 radical (unpaired) electrons. The van der Waals surface area contributed by atoms with E-state index in [1.165, 1.54) is 30.5 Å². The summed E-state index contributed by atoms with van der Waals surface area (Å²) in [5.74, 6) is -0.323. The van der Waals surface area contributed by atoms with Crippen LogP contribution in [-0.4, -0.2) is 25.6 Å². The van der Waals surface area contributed by atoms with Crippen molar-refractivity contribution in [3.63, 3.8) is 0 Å². The number of aromatic amines is 1. The van der Waals surface area contributed by atoms with Crippen LogP contribution in [0.5, 0.6) is 0 Å². The van der Waals surface area contributed by atoms with Gasteiger partial charge < -0.3 is 10.3 Å². The predicted molar refractivity (Wildman–Crippen MR) is 82.5 cm³/mol. The Bertz CT molecular complexity index is 818. The number of amides is 1. The van der Waals surface area contributed by atoms with Gasteiger partial charge in [-0.2, -0.15) is 0 Å². The van der Waals surface area contributed by atoms with E-state index >= 15 is 0 Å². The zero-order valence-corrected chi connectivity index (χ0v) is 13.0. The summed E-state index contributed by atoms with van der Waals surface area (Å²) >= 11 is 0. The van der Waals surface area contributed by atoms with Crippen LogP contribution >= 0.6 is 0 Å². The Morgan fingerprint density at radius 3 is 2.27 bits per heavy atom. The minimum Gasteiger partial charge on any atom is -0.345 e. The molecular weight excluding hydrogens is 304 g/mol. The van der Waals surface area contributed by atoms with E-state index in [0.29, 0.717) is 5.56 Å². The second kappa shape index (κ2) is 6.15. The van der Waals surface area contributed by atoms with E-state index in [9.17, 15) is 18.0 Å². The number of carbonyl (C=O) groups excluding carboxylic acids is 1. The minimum atomic E-state index is -3.24. The first-order valence-corrected chi connectivity index (χ1v) is 8.46. The van der Waals surface area contributed by atoms with Gasteiger partial charge in [-0.05, 0) is 30.7 Å². The molecule has 1 aromatic heterocycles. The molecule has 0 aliphatic rings. The van der Waals surface area contributed by atoms with Gasteiger partial charge in [-0.25, -0.2) is 8.42 Å². The molecule has 0 aliphatic heterocycles. The zero-order chi connectivity index (χ0) is 16.3. The highest BCUT2D eigenvalue weighted by molar-refractivity contribution is 7.90. The molecule has 22 heavy (non-hydrogen) atoms. The third-order valence-electron chi connectivity index (χ3n) is 3.20. The van der Waals surface area contributed by atoms with Crippen LogP contribution in [0.2, 0.25) is 0 Å². The number of sulfone groups is 1. The van der Waals surface area contributed by atoms with Crippen molar-refractivity contribution in [1.29, 1.82) is 0 Å². The molecule has 0 spiro atoms. The molecule has 2 rings (SSSR count). The summed E-state index contributed by atoms with van der Waals surface area (Å²) in [6.45, 7) is 1.79. The minimum absolute atomic E-state index is 0.232. The topological polar surface area (TPSA) is 96.1 Å². The van der Waals surface area contributed by atoms with Gasteiger partial charge in [-0.15, -0.1) is 0 Å². The number of pyridine rings is 1. The van der Waals surface area contributed by atoms with Gasteiger partial charge in [-0.1, -0.05) is 12.1 Å². The summed E-state index contributed by atoms with van der Waals surface area (Å²) in [5, 5.41) is 2.78. The highest BCUT2D eigenvalue weighted by Gasteiger charge is 2.13. The summed E-state index contributed by atoms with van der Waals surface area (Å²) < 4.78 is 22.8. The lowest BCUT2D eigenvalue weighted by molar-refractivity contribution is 0.0939. The van der Waals surface area contributed by atoms with Crippen molar-refractivity contribution < 1.29 is 13.2 Å². The number of aromatic nitrogens is 1. The maximum Gasteiger partial charge on any atom is 0.253 e. The molecule has 1 aromatic carbocycles. The Balaban J connectivity index is 2.11. The molecule has 0 saturated carbocycles. The highest BCUT2D eigenvalue weighted by Crippen LogP contribution is 2.16. The first kappa shape index (κ1) is 16.0. The van der Waals surface area contributed by atoms with Crippen LogP contribution in [0.1, 0.15) is 28.9 Å². The van der Waals surface area contributed by atoms with Gasteiger partial charge in [0.15, 0.2) is 9.84 Å². The molecule has 6 nitrogen and oxygen atoms in total. The molecule has 0 bridgehead atoms. The highest BCUT2D eigenvalue weighted by atomic mass is 32.2. The normalized spacial score (nSPS) is 12.6. The molecule has 1 heterocycles. The van der Waals surface area contributed by atoms with Crippen LogP contribution in [0, 0.1) is 0 Å². The number of nitrogens with one attached hydrogen (secondary N) is 2.